The van der Waals surface area contributed by atoms with Crippen molar-refractivity contribution in [2.24, 2.45) is 0 Å². The van der Waals surface area contributed by atoms with E-state index in [2.05, 4.69) is 0 Å². The minimum absolute atomic E-state index is 0.259. The highest BCUT2D eigenvalue weighted by molar-refractivity contribution is 7.40. The van der Waals surface area contributed by atoms with Crippen LogP contribution in [0.5, 0.6) is 11.5 Å². The zero-order chi connectivity index (χ0) is 24.9. The molecule has 4 rings (SSSR count). The lowest BCUT2D eigenvalue weighted by Gasteiger charge is -2.27. The lowest BCUT2D eigenvalue weighted by molar-refractivity contribution is 0.406. The Morgan fingerprint density at radius 2 is 1.06 bits per heavy atom. The molecule has 0 saturated heterocycles. The summed E-state index contributed by atoms with van der Waals surface area (Å²) in [5.74, 6) is 1.32. The van der Waals surface area contributed by atoms with Crippen LogP contribution >= 0.6 is 17.4 Å². The molecule has 192 valence electrons. The zero-order valence-electron chi connectivity index (χ0n) is 20.6. The van der Waals surface area contributed by atoms with Gasteiger partial charge < -0.3 is 18.8 Å². The van der Waals surface area contributed by atoms with Crippen LogP contribution in [-0.2, 0) is 6.42 Å². The molecule has 35 heavy (non-hydrogen) atoms. The summed E-state index contributed by atoms with van der Waals surface area (Å²) in [6.45, 7) is 4.01. The minimum Gasteiger partial charge on any atom is -0.423 e. The molecule has 0 radical (unpaired) electrons. The Morgan fingerprint density at radius 3 is 1.40 bits per heavy atom. The highest BCUT2D eigenvalue weighted by Crippen LogP contribution is 2.48. The van der Waals surface area contributed by atoms with Gasteiger partial charge in [0.1, 0.15) is 11.5 Å². The van der Waals surface area contributed by atoms with E-state index >= 15 is 0 Å². The van der Waals surface area contributed by atoms with Gasteiger partial charge in [-0.15, -0.1) is 8.39 Å². The van der Waals surface area contributed by atoms with Crippen molar-refractivity contribution in [1.82, 2.24) is 0 Å². The van der Waals surface area contributed by atoms with Crippen LogP contribution in [0.3, 0.4) is 0 Å². The fraction of sp³-hybridized carbons (Fsp3) is 0.556. The zero-order valence-corrected chi connectivity index (χ0v) is 22.4. The van der Waals surface area contributed by atoms with E-state index in [1.54, 1.807) is 0 Å². The van der Waals surface area contributed by atoms with Crippen molar-refractivity contribution in [3.63, 3.8) is 0 Å². The Morgan fingerprint density at radius 1 is 0.686 bits per heavy atom. The molecule has 0 amide bonds. The van der Waals surface area contributed by atoms with Crippen molar-refractivity contribution in [2.75, 3.05) is 0 Å². The van der Waals surface area contributed by atoms with Gasteiger partial charge in [-0.3, -0.25) is 0 Å². The maximum Gasteiger partial charge on any atom is 0.436 e. The molecule has 2 unspecified atom stereocenters. The average Bonchev–Trinajstić information content (AvgIpc) is 2.82. The standard InChI is InChI=1S/C27H36F2O4P2/c1-18-13-22(26(32-34(28)30)24(15-18)20-9-5-3-6-10-20)17-23-14-19(2)16-25(27(23)33-35(29)31)21-11-7-4-8-12-21/h13-16,20-21,30-31H,3-12,17H2,1-2H3. The van der Waals surface area contributed by atoms with Gasteiger partial charge in [0.25, 0.3) is 0 Å². The molecule has 2 atom stereocenters. The van der Waals surface area contributed by atoms with Crippen LogP contribution in [0.4, 0.5) is 8.39 Å². The van der Waals surface area contributed by atoms with Crippen LogP contribution in [0, 0.1) is 13.8 Å². The fourth-order valence-corrected chi connectivity index (χ4v) is 6.78. The Labute approximate surface area is 210 Å². The predicted octanol–water partition coefficient (Wildman–Crippen LogP) is 9.12. The van der Waals surface area contributed by atoms with E-state index in [-0.39, 0.29) is 11.8 Å². The lowest BCUT2D eigenvalue weighted by atomic mass is 9.80. The van der Waals surface area contributed by atoms with Gasteiger partial charge in [-0.05, 0) is 73.6 Å². The van der Waals surface area contributed by atoms with E-state index < -0.39 is 17.4 Å². The van der Waals surface area contributed by atoms with Gasteiger partial charge in [0.2, 0.25) is 0 Å². The molecule has 2 aromatic rings. The van der Waals surface area contributed by atoms with E-state index in [1.807, 2.05) is 38.1 Å². The van der Waals surface area contributed by atoms with Crippen LogP contribution < -0.4 is 9.05 Å². The average molecular weight is 525 g/mol. The molecular weight excluding hydrogens is 488 g/mol. The Kier molecular flexibility index (Phi) is 9.38. The number of hydrogen-bond acceptors (Lipinski definition) is 4. The monoisotopic (exact) mass is 524 g/mol. The first kappa shape index (κ1) is 26.7. The molecule has 0 spiro atoms. The summed E-state index contributed by atoms with van der Waals surface area (Å²) in [7, 11) is -6.17. The Hall–Kier alpha value is -1.32. The molecular formula is C27H36F2O4P2. The first-order valence-electron chi connectivity index (χ1n) is 12.7. The maximum atomic E-state index is 13.9. The summed E-state index contributed by atoms with van der Waals surface area (Å²) in [6.07, 6.45) is 11.2. The molecule has 0 heterocycles. The maximum absolute atomic E-state index is 13.9. The molecule has 0 aromatic heterocycles. The molecule has 2 N–H and O–H groups in total. The molecule has 0 bridgehead atoms. The Bertz CT molecular complexity index is 924. The quantitative estimate of drug-likeness (QED) is 0.338. The molecule has 0 aliphatic heterocycles. The van der Waals surface area contributed by atoms with Gasteiger partial charge in [0.15, 0.2) is 0 Å². The second-order valence-electron chi connectivity index (χ2n) is 10.2. The molecule has 2 fully saturated rings. The summed E-state index contributed by atoms with van der Waals surface area (Å²) in [6, 6.07) is 7.99. The predicted molar refractivity (Wildman–Crippen MR) is 139 cm³/mol. The van der Waals surface area contributed by atoms with Gasteiger partial charge in [0.05, 0.1) is 0 Å². The number of aryl methyl sites for hydroxylation is 2. The smallest absolute Gasteiger partial charge is 0.423 e. The number of rotatable bonds is 8. The van der Waals surface area contributed by atoms with Crippen molar-refractivity contribution in [1.29, 1.82) is 0 Å². The third-order valence-corrected chi connectivity index (χ3v) is 8.15. The van der Waals surface area contributed by atoms with Crippen molar-refractivity contribution < 1.29 is 27.2 Å². The SMILES string of the molecule is Cc1cc(Cc2cc(C)cc(C3CCCCC3)c2OP(O)F)c(OP(O)F)c(C2CCCCC2)c1. The van der Waals surface area contributed by atoms with E-state index in [0.717, 1.165) is 84.7 Å². The second-order valence-corrected chi connectivity index (χ2v) is 11.4. The molecule has 2 saturated carbocycles. The van der Waals surface area contributed by atoms with Crippen LogP contribution in [0.25, 0.3) is 0 Å². The number of benzene rings is 2. The van der Waals surface area contributed by atoms with E-state index in [1.165, 1.54) is 12.8 Å². The van der Waals surface area contributed by atoms with Crippen molar-refractivity contribution in [3.05, 3.63) is 57.6 Å². The third-order valence-electron chi connectivity index (χ3n) is 7.48. The van der Waals surface area contributed by atoms with Gasteiger partial charge in [-0.2, -0.15) is 0 Å². The molecule has 2 aliphatic rings. The van der Waals surface area contributed by atoms with Crippen LogP contribution in [-0.4, -0.2) is 9.79 Å². The topological polar surface area (TPSA) is 58.9 Å². The van der Waals surface area contributed by atoms with Gasteiger partial charge in [0, 0.05) is 6.42 Å². The molecule has 2 aliphatic carbocycles. The van der Waals surface area contributed by atoms with Crippen molar-refractivity contribution in [2.45, 2.75) is 96.3 Å². The Balaban J connectivity index is 1.79. The number of halogens is 2. The van der Waals surface area contributed by atoms with Crippen molar-refractivity contribution >= 4 is 17.4 Å². The van der Waals surface area contributed by atoms with E-state index in [9.17, 15) is 18.2 Å². The lowest BCUT2D eigenvalue weighted by Crippen LogP contribution is -2.10. The number of hydrogen-bond donors (Lipinski definition) is 2. The van der Waals surface area contributed by atoms with Gasteiger partial charge >= 0.3 is 17.4 Å². The summed E-state index contributed by atoms with van der Waals surface area (Å²) < 4.78 is 38.6. The van der Waals surface area contributed by atoms with Gasteiger partial charge in [-0.1, -0.05) is 73.9 Å². The van der Waals surface area contributed by atoms with Crippen LogP contribution in [0.1, 0.15) is 109 Å². The molecule has 8 heteroatoms. The highest BCUT2D eigenvalue weighted by Gasteiger charge is 2.27. The fourth-order valence-electron chi connectivity index (χ4n) is 6.03. The molecule has 2 aromatic carbocycles. The summed E-state index contributed by atoms with van der Waals surface area (Å²) in [5, 5.41) is 0. The van der Waals surface area contributed by atoms with Gasteiger partial charge in [-0.25, -0.2) is 0 Å². The normalized spacial score (nSPS) is 19.4. The summed E-state index contributed by atoms with van der Waals surface area (Å²) in [4.78, 5) is 19.2. The van der Waals surface area contributed by atoms with Crippen LogP contribution in [0.2, 0.25) is 0 Å². The largest absolute Gasteiger partial charge is 0.436 e. The van der Waals surface area contributed by atoms with E-state index in [4.69, 9.17) is 9.05 Å². The third kappa shape index (κ3) is 6.92. The second kappa shape index (κ2) is 12.3. The highest BCUT2D eigenvalue weighted by atomic mass is 31.2. The first-order valence-corrected chi connectivity index (χ1v) is 14.9. The van der Waals surface area contributed by atoms with E-state index in [0.29, 0.717) is 17.9 Å². The molecule has 4 nitrogen and oxygen atoms in total. The first-order chi connectivity index (χ1) is 16.8. The summed E-state index contributed by atoms with van der Waals surface area (Å²) in [5.41, 5.74) is 5.44. The van der Waals surface area contributed by atoms with Crippen molar-refractivity contribution in [3.8, 4) is 11.5 Å². The summed E-state index contributed by atoms with van der Waals surface area (Å²) >= 11 is 0. The van der Waals surface area contributed by atoms with Crippen LogP contribution in [0.15, 0.2) is 24.3 Å². The minimum atomic E-state index is -3.09.